The van der Waals surface area contributed by atoms with E-state index in [0.717, 1.165) is 43.1 Å². The number of pyridine rings is 1. The number of piperazine rings is 1. The van der Waals surface area contributed by atoms with Crippen molar-refractivity contribution in [2.45, 2.75) is 33.7 Å². The molecule has 1 aromatic carbocycles. The number of benzene rings is 1. The normalized spacial score (nSPS) is 20.8. The van der Waals surface area contributed by atoms with Crippen LogP contribution in [0.25, 0.3) is 5.65 Å². The number of nitrogens with one attached hydrogen (secondary N) is 1. The average Bonchev–Trinajstić information content (AvgIpc) is 3.47. The van der Waals surface area contributed by atoms with Gasteiger partial charge in [0.1, 0.15) is 5.65 Å². The van der Waals surface area contributed by atoms with Crippen LogP contribution in [-0.4, -0.2) is 57.2 Å². The van der Waals surface area contributed by atoms with Gasteiger partial charge in [-0.3, -0.25) is 14.5 Å². The minimum Gasteiger partial charge on any atom is -0.336 e. The molecule has 7 nitrogen and oxygen atoms in total. The van der Waals surface area contributed by atoms with Crippen LogP contribution >= 0.6 is 0 Å². The fourth-order valence-electron chi connectivity index (χ4n) is 4.63. The number of hydrogen-bond acceptors (Lipinski definition) is 4. The Labute approximate surface area is 194 Å². The summed E-state index contributed by atoms with van der Waals surface area (Å²) in [6, 6.07) is 11.5. The first-order valence-corrected chi connectivity index (χ1v) is 11.8. The number of fused-ring (bicyclic) bond motifs is 1. The lowest BCUT2D eigenvalue weighted by atomic mass is 10.1. The summed E-state index contributed by atoms with van der Waals surface area (Å²) in [7, 11) is 0. The molecule has 0 radical (unpaired) electrons. The molecule has 172 valence electrons. The Morgan fingerprint density at radius 2 is 1.76 bits per heavy atom. The summed E-state index contributed by atoms with van der Waals surface area (Å²) in [6.07, 6.45) is 3.06. The molecule has 2 fully saturated rings. The van der Waals surface area contributed by atoms with Gasteiger partial charge >= 0.3 is 0 Å². The summed E-state index contributed by atoms with van der Waals surface area (Å²) in [5, 5.41) is 2.95. The molecule has 3 heterocycles. The van der Waals surface area contributed by atoms with Gasteiger partial charge in [0.25, 0.3) is 5.91 Å². The molecule has 1 N–H and O–H groups in total. The molecule has 33 heavy (non-hydrogen) atoms. The second-order valence-corrected chi connectivity index (χ2v) is 9.53. The van der Waals surface area contributed by atoms with Crippen LogP contribution in [0.5, 0.6) is 0 Å². The first-order valence-electron chi connectivity index (χ1n) is 11.8. The fourth-order valence-corrected chi connectivity index (χ4v) is 4.63. The number of aryl methyl sites for hydroxylation is 2. The number of aromatic nitrogens is 2. The van der Waals surface area contributed by atoms with Gasteiger partial charge in [-0.2, -0.15) is 0 Å². The maximum Gasteiger partial charge on any atom is 0.253 e. The Morgan fingerprint density at radius 3 is 2.42 bits per heavy atom. The van der Waals surface area contributed by atoms with E-state index in [9.17, 15) is 9.59 Å². The molecule has 1 saturated carbocycles. The molecule has 7 heteroatoms. The highest BCUT2D eigenvalue weighted by atomic mass is 16.2. The van der Waals surface area contributed by atoms with Crippen molar-refractivity contribution in [1.82, 2.24) is 19.2 Å². The van der Waals surface area contributed by atoms with Gasteiger partial charge in [-0.25, -0.2) is 4.98 Å². The fraction of sp³-hybridized carbons (Fsp3) is 0.423. The molecule has 2 amide bonds. The van der Waals surface area contributed by atoms with Crippen molar-refractivity contribution in [2.24, 2.45) is 11.8 Å². The molecule has 0 spiro atoms. The molecule has 1 aliphatic heterocycles. The molecular weight excluding hydrogens is 414 g/mol. The highest BCUT2D eigenvalue weighted by Gasteiger charge is 2.39. The van der Waals surface area contributed by atoms with Crippen molar-refractivity contribution in [3.05, 3.63) is 65.1 Å². The molecule has 1 saturated heterocycles. The van der Waals surface area contributed by atoms with Crippen LogP contribution in [-0.2, 0) is 11.3 Å². The van der Waals surface area contributed by atoms with Crippen molar-refractivity contribution >= 4 is 23.1 Å². The molecular formula is C26H31N5O2. The zero-order valence-corrected chi connectivity index (χ0v) is 19.5. The lowest BCUT2D eigenvalue weighted by Gasteiger charge is -2.34. The van der Waals surface area contributed by atoms with Gasteiger partial charge in [0.2, 0.25) is 5.91 Å². The SMILES string of the molecule is Cc1ccn2c(CN3CCN(C(=O)c4ccc(NC(=O)C5CC5C)cc4)CC3)c(C)nc2c1. The molecule has 1 aliphatic carbocycles. The van der Waals surface area contributed by atoms with Crippen molar-refractivity contribution in [2.75, 3.05) is 31.5 Å². The summed E-state index contributed by atoms with van der Waals surface area (Å²) in [4.78, 5) is 34.1. The third kappa shape index (κ3) is 4.50. The maximum absolute atomic E-state index is 13.0. The number of imidazole rings is 1. The second kappa shape index (κ2) is 8.63. The lowest BCUT2D eigenvalue weighted by molar-refractivity contribution is -0.117. The van der Waals surface area contributed by atoms with Crippen LogP contribution in [0.1, 0.15) is 40.7 Å². The quantitative estimate of drug-likeness (QED) is 0.653. The minimum atomic E-state index is 0.0461. The van der Waals surface area contributed by atoms with Gasteiger partial charge in [-0.05, 0) is 68.1 Å². The van der Waals surface area contributed by atoms with E-state index in [4.69, 9.17) is 4.98 Å². The molecule has 0 bridgehead atoms. The van der Waals surface area contributed by atoms with Crippen molar-refractivity contribution in [3.63, 3.8) is 0 Å². The van der Waals surface area contributed by atoms with Crippen LogP contribution in [0, 0.1) is 25.7 Å². The van der Waals surface area contributed by atoms with E-state index >= 15 is 0 Å². The second-order valence-electron chi connectivity index (χ2n) is 9.53. The number of hydrogen-bond donors (Lipinski definition) is 1. The van der Waals surface area contributed by atoms with Gasteiger partial charge in [-0.15, -0.1) is 0 Å². The smallest absolute Gasteiger partial charge is 0.253 e. The standard InChI is InChI=1S/C26H31N5O2/c1-17-8-9-31-23(19(3)27-24(31)14-17)16-29-10-12-30(13-11-29)26(33)20-4-6-21(7-5-20)28-25(32)22-15-18(22)2/h4-9,14,18,22H,10-13,15-16H2,1-3H3,(H,28,32). The molecule has 2 unspecified atom stereocenters. The van der Waals surface area contributed by atoms with Gasteiger partial charge < -0.3 is 14.6 Å². The zero-order chi connectivity index (χ0) is 23.1. The Hall–Kier alpha value is -3.19. The molecule has 2 aliphatic rings. The van der Waals surface area contributed by atoms with Crippen LogP contribution in [0.4, 0.5) is 5.69 Å². The largest absolute Gasteiger partial charge is 0.336 e. The Balaban J connectivity index is 1.17. The summed E-state index contributed by atoms with van der Waals surface area (Å²) in [5.74, 6) is 0.736. The number of amides is 2. The number of nitrogens with zero attached hydrogens (tertiary/aromatic N) is 4. The number of rotatable bonds is 5. The predicted octanol–water partition coefficient (Wildman–Crippen LogP) is 3.50. The molecule has 2 aromatic heterocycles. The monoisotopic (exact) mass is 445 g/mol. The number of carbonyl (C=O) groups excluding carboxylic acids is 2. The van der Waals surface area contributed by atoms with Crippen molar-refractivity contribution < 1.29 is 9.59 Å². The highest BCUT2D eigenvalue weighted by Crippen LogP contribution is 2.38. The van der Waals surface area contributed by atoms with E-state index in [0.29, 0.717) is 24.6 Å². The van der Waals surface area contributed by atoms with Crippen LogP contribution in [0.3, 0.4) is 0 Å². The van der Waals surface area contributed by atoms with Gasteiger partial charge in [0.05, 0.1) is 11.4 Å². The van der Waals surface area contributed by atoms with Gasteiger partial charge in [0, 0.05) is 56.1 Å². The first kappa shape index (κ1) is 21.6. The van der Waals surface area contributed by atoms with Crippen molar-refractivity contribution in [1.29, 1.82) is 0 Å². The number of carbonyl (C=O) groups is 2. The molecule has 3 aromatic rings. The Morgan fingerprint density at radius 1 is 1.06 bits per heavy atom. The Kier molecular flexibility index (Phi) is 5.66. The first-order chi connectivity index (χ1) is 15.9. The number of anilines is 1. The van der Waals surface area contributed by atoms with Crippen LogP contribution < -0.4 is 5.32 Å². The molecule has 5 rings (SSSR count). The Bertz CT molecular complexity index is 1190. The van der Waals surface area contributed by atoms with E-state index in [1.165, 1.54) is 11.3 Å². The third-order valence-electron chi connectivity index (χ3n) is 6.96. The van der Waals surface area contributed by atoms with Crippen LogP contribution in [0.2, 0.25) is 0 Å². The van der Waals surface area contributed by atoms with E-state index in [1.807, 2.05) is 29.2 Å². The van der Waals surface area contributed by atoms with E-state index in [1.54, 1.807) is 0 Å². The predicted molar refractivity (Wildman–Crippen MR) is 128 cm³/mol. The van der Waals surface area contributed by atoms with E-state index in [-0.39, 0.29) is 17.7 Å². The third-order valence-corrected chi connectivity index (χ3v) is 6.96. The van der Waals surface area contributed by atoms with Crippen LogP contribution in [0.15, 0.2) is 42.6 Å². The molecule has 2 atom stereocenters. The minimum absolute atomic E-state index is 0.0461. The van der Waals surface area contributed by atoms with Gasteiger partial charge in [-0.1, -0.05) is 6.92 Å². The maximum atomic E-state index is 13.0. The zero-order valence-electron chi connectivity index (χ0n) is 19.5. The summed E-state index contributed by atoms with van der Waals surface area (Å²) < 4.78 is 2.17. The van der Waals surface area contributed by atoms with Crippen molar-refractivity contribution in [3.8, 4) is 0 Å². The topological polar surface area (TPSA) is 70.0 Å². The summed E-state index contributed by atoms with van der Waals surface area (Å²) in [5.41, 5.74) is 5.88. The lowest BCUT2D eigenvalue weighted by Crippen LogP contribution is -2.48. The van der Waals surface area contributed by atoms with E-state index < -0.39 is 0 Å². The van der Waals surface area contributed by atoms with Gasteiger partial charge in [0.15, 0.2) is 0 Å². The summed E-state index contributed by atoms with van der Waals surface area (Å²) in [6.45, 7) is 10.1. The summed E-state index contributed by atoms with van der Waals surface area (Å²) >= 11 is 0. The average molecular weight is 446 g/mol. The highest BCUT2D eigenvalue weighted by molar-refractivity contribution is 5.97. The van der Waals surface area contributed by atoms with E-state index in [2.05, 4.69) is 53.7 Å².